The van der Waals surface area contributed by atoms with Gasteiger partial charge in [-0.1, -0.05) is 182 Å². The van der Waals surface area contributed by atoms with Gasteiger partial charge in [-0.3, -0.25) is 15.0 Å². The molecule has 0 amide bonds. The van der Waals surface area contributed by atoms with Crippen LogP contribution >= 0.6 is 0 Å². The normalized spacial score (nSPS) is 11.3. The fourth-order valence-electron chi connectivity index (χ4n) is 10.6. The first-order chi connectivity index (χ1) is 37.0. The van der Waals surface area contributed by atoms with Gasteiger partial charge >= 0.3 is 0 Å². The number of rotatable bonds is 10. The first-order valence-corrected chi connectivity index (χ1v) is 25.5. The van der Waals surface area contributed by atoms with Crippen molar-refractivity contribution in [2.24, 2.45) is 0 Å². The molecule has 0 aliphatic heterocycles. The third-order valence-corrected chi connectivity index (χ3v) is 14.6. The molecule has 4 aromatic heterocycles. The van der Waals surface area contributed by atoms with Crippen molar-refractivity contribution in [3.8, 4) is 112 Å². The second kappa shape index (κ2) is 19.3. The van der Waals surface area contributed by atoms with Crippen LogP contribution in [-0.2, 0) is 0 Å². The molecule has 0 radical (unpaired) electrons. The highest BCUT2D eigenvalue weighted by atomic mass is 16.3. The fraction of sp³-hybridized carbons (Fsp3) is 0.0282. The molecule has 0 N–H and O–H groups in total. The van der Waals surface area contributed by atoms with Crippen molar-refractivity contribution < 1.29 is 4.42 Å². The first kappa shape index (κ1) is 45.1. The van der Waals surface area contributed by atoms with Gasteiger partial charge in [-0.2, -0.15) is 0 Å². The second-order valence-electron chi connectivity index (χ2n) is 19.2. The Morgan fingerprint density at radius 2 is 0.707 bits per heavy atom. The molecule has 0 unspecified atom stereocenters. The van der Waals surface area contributed by atoms with E-state index in [2.05, 4.69) is 236 Å². The molecule has 0 saturated heterocycles. The maximum Gasteiger partial charge on any atom is 0.143 e. The number of aromatic nitrogens is 3. The first-order valence-electron chi connectivity index (χ1n) is 25.5. The van der Waals surface area contributed by atoms with E-state index in [-0.39, 0.29) is 0 Å². The number of pyridine rings is 3. The number of benzene rings is 9. The monoisotopic (exact) mass is 959 g/mol. The van der Waals surface area contributed by atoms with Crippen molar-refractivity contribution in [1.82, 2.24) is 15.0 Å². The minimum absolute atomic E-state index is 0.862. The summed E-state index contributed by atoms with van der Waals surface area (Å²) in [5.74, 6) is 0. The Morgan fingerprint density at radius 1 is 0.267 bits per heavy atom. The fourth-order valence-corrected chi connectivity index (χ4v) is 10.6. The molecule has 13 rings (SSSR count). The van der Waals surface area contributed by atoms with Gasteiger partial charge in [-0.15, -0.1) is 0 Å². The maximum absolute atomic E-state index is 6.79. The zero-order chi connectivity index (χ0) is 50.2. The van der Waals surface area contributed by atoms with E-state index in [1.54, 1.807) is 0 Å². The molecule has 0 bridgehead atoms. The summed E-state index contributed by atoms with van der Waals surface area (Å²) in [7, 11) is 0. The second-order valence-corrected chi connectivity index (χ2v) is 19.2. The van der Waals surface area contributed by atoms with Gasteiger partial charge in [0.25, 0.3) is 0 Å². The number of hydrogen-bond acceptors (Lipinski definition) is 4. The molecular formula is C71H49N3O. The standard InChI is InChI=1S/C71H49N3O/c1-46-40-69(74-45-47(46)2)52-36-37-62(66(44-52)65-24-15-23-64-63-22-9-10-27-70(63)75-71(64)65)61-21-8-7-20-60(61)55-42-53(58-18-5-3-16-56(58)48-28-32-50(33-29-48)67-25-11-13-38-72-67)41-54(43-55)59-19-6-4-17-57(59)49-30-34-51(35-31-49)68-26-12-14-39-73-68/h3-45H,1-2H3. The van der Waals surface area contributed by atoms with Gasteiger partial charge in [0.2, 0.25) is 0 Å². The van der Waals surface area contributed by atoms with Crippen LogP contribution in [-0.4, -0.2) is 15.0 Å². The van der Waals surface area contributed by atoms with Crippen molar-refractivity contribution >= 4 is 21.9 Å². The third kappa shape index (κ3) is 8.58. The smallest absolute Gasteiger partial charge is 0.143 e. The number of nitrogens with zero attached hydrogens (tertiary/aromatic N) is 3. The summed E-state index contributed by atoms with van der Waals surface area (Å²) in [6, 6.07) is 87.0. The third-order valence-electron chi connectivity index (χ3n) is 14.6. The van der Waals surface area contributed by atoms with Crippen LogP contribution in [0.1, 0.15) is 11.1 Å². The molecule has 0 saturated carbocycles. The van der Waals surface area contributed by atoms with Gasteiger partial charge in [0.05, 0.1) is 17.1 Å². The molecule has 0 aliphatic carbocycles. The zero-order valence-corrected chi connectivity index (χ0v) is 41.6. The Morgan fingerprint density at radius 3 is 1.25 bits per heavy atom. The van der Waals surface area contributed by atoms with Gasteiger partial charge in [-0.05, 0) is 158 Å². The van der Waals surface area contributed by atoms with Crippen LogP contribution in [0, 0.1) is 13.8 Å². The molecular weight excluding hydrogens is 911 g/mol. The van der Waals surface area contributed by atoms with E-state index >= 15 is 0 Å². The van der Waals surface area contributed by atoms with E-state index < -0.39 is 0 Å². The van der Waals surface area contributed by atoms with Gasteiger partial charge in [0.1, 0.15) is 11.2 Å². The summed E-state index contributed by atoms with van der Waals surface area (Å²) in [4.78, 5) is 14.2. The van der Waals surface area contributed by atoms with Crippen molar-refractivity contribution in [2.45, 2.75) is 13.8 Å². The molecule has 0 atom stereocenters. The van der Waals surface area contributed by atoms with Crippen LogP contribution in [0.25, 0.3) is 134 Å². The van der Waals surface area contributed by atoms with Crippen LogP contribution in [0.3, 0.4) is 0 Å². The minimum atomic E-state index is 0.862. The predicted molar refractivity (Wildman–Crippen MR) is 311 cm³/mol. The van der Waals surface area contributed by atoms with E-state index in [4.69, 9.17) is 9.40 Å². The van der Waals surface area contributed by atoms with E-state index in [0.717, 1.165) is 134 Å². The van der Waals surface area contributed by atoms with Gasteiger partial charge in [0.15, 0.2) is 0 Å². The van der Waals surface area contributed by atoms with Gasteiger partial charge in [-0.25, -0.2) is 0 Å². The Kier molecular flexibility index (Phi) is 11.6. The minimum Gasteiger partial charge on any atom is -0.455 e. The van der Waals surface area contributed by atoms with E-state index in [1.807, 2.05) is 48.9 Å². The topological polar surface area (TPSA) is 51.8 Å². The molecule has 0 fully saturated rings. The Hall–Kier alpha value is -9.77. The Balaban J connectivity index is 1.02. The van der Waals surface area contributed by atoms with Crippen LogP contribution in [0.5, 0.6) is 0 Å². The van der Waals surface area contributed by atoms with Crippen LogP contribution in [0.15, 0.2) is 266 Å². The van der Waals surface area contributed by atoms with Crippen molar-refractivity contribution in [3.05, 3.63) is 272 Å². The Labute approximate surface area is 437 Å². The molecule has 0 aliphatic rings. The lowest BCUT2D eigenvalue weighted by Gasteiger charge is -2.19. The zero-order valence-electron chi connectivity index (χ0n) is 41.6. The molecule has 0 spiro atoms. The lowest BCUT2D eigenvalue weighted by molar-refractivity contribution is 0.670. The highest BCUT2D eigenvalue weighted by molar-refractivity contribution is 6.11. The summed E-state index contributed by atoms with van der Waals surface area (Å²) in [6.45, 7) is 4.26. The summed E-state index contributed by atoms with van der Waals surface area (Å²) in [5, 5.41) is 2.19. The van der Waals surface area contributed by atoms with E-state index in [9.17, 15) is 0 Å². The van der Waals surface area contributed by atoms with Crippen molar-refractivity contribution in [2.75, 3.05) is 0 Å². The predicted octanol–water partition coefficient (Wildman–Crippen LogP) is 19.1. The molecule has 354 valence electrons. The average molecular weight is 960 g/mol. The molecule has 4 heterocycles. The van der Waals surface area contributed by atoms with Crippen LogP contribution in [0.4, 0.5) is 0 Å². The molecule has 75 heavy (non-hydrogen) atoms. The molecule has 4 nitrogen and oxygen atoms in total. The quantitative estimate of drug-likeness (QED) is 0.137. The number of aryl methyl sites for hydroxylation is 2. The van der Waals surface area contributed by atoms with Gasteiger partial charge in [0, 0.05) is 51.6 Å². The number of fused-ring (bicyclic) bond motifs is 3. The van der Waals surface area contributed by atoms with E-state index in [1.165, 1.54) is 11.1 Å². The lowest BCUT2D eigenvalue weighted by atomic mass is 9.84. The average Bonchev–Trinajstić information content (AvgIpc) is 3.89. The van der Waals surface area contributed by atoms with Crippen molar-refractivity contribution in [3.63, 3.8) is 0 Å². The number of para-hydroxylation sites is 2. The Bertz CT molecular complexity index is 4090. The largest absolute Gasteiger partial charge is 0.455 e. The van der Waals surface area contributed by atoms with Crippen LogP contribution in [0.2, 0.25) is 0 Å². The summed E-state index contributed by atoms with van der Waals surface area (Å²) in [5.41, 5.74) is 25.7. The van der Waals surface area contributed by atoms with E-state index in [0.29, 0.717) is 0 Å². The number of hydrogen-bond donors (Lipinski definition) is 0. The SMILES string of the molecule is Cc1cnc(-c2ccc(-c3ccccc3-c3cc(-c4ccccc4-c4ccc(-c5ccccn5)cc4)cc(-c4ccccc4-c4ccc(-c5ccccn5)cc4)c3)c(-c3cccc4c3oc3ccccc34)c2)cc1C. The summed E-state index contributed by atoms with van der Waals surface area (Å²) < 4.78 is 6.79. The summed E-state index contributed by atoms with van der Waals surface area (Å²) in [6.07, 6.45) is 5.66. The molecule has 9 aromatic carbocycles. The molecule has 13 aromatic rings. The highest BCUT2D eigenvalue weighted by Crippen LogP contribution is 2.46. The number of furan rings is 1. The van der Waals surface area contributed by atoms with Gasteiger partial charge < -0.3 is 4.42 Å². The summed E-state index contributed by atoms with van der Waals surface area (Å²) >= 11 is 0. The maximum atomic E-state index is 6.79. The highest BCUT2D eigenvalue weighted by Gasteiger charge is 2.21. The molecule has 4 heteroatoms. The lowest BCUT2D eigenvalue weighted by Crippen LogP contribution is -1.94. The van der Waals surface area contributed by atoms with Crippen LogP contribution < -0.4 is 0 Å². The van der Waals surface area contributed by atoms with Crippen molar-refractivity contribution in [1.29, 1.82) is 0 Å².